The molecule has 4 heteroatoms. The maximum atomic E-state index is 5.27. The highest BCUT2D eigenvalue weighted by Gasteiger charge is 1.96. The normalized spacial score (nSPS) is 8.71. The van der Waals surface area contributed by atoms with Crippen LogP contribution in [-0.4, -0.2) is 23.1 Å². The van der Waals surface area contributed by atoms with Gasteiger partial charge < -0.3 is 10.1 Å². The number of hydrogen-bond acceptors (Lipinski definition) is 4. The van der Waals surface area contributed by atoms with Crippen molar-refractivity contribution >= 4 is 5.82 Å². The van der Waals surface area contributed by atoms with Crippen LogP contribution in [0.2, 0.25) is 0 Å². The number of hydrogen-bond donors (Lipinski definition) is 1. The van der Waals surface area contributed by atoms with Crippen molar-refractivity contribution in [1.82, 2.24) is 9.97 Å². The van der Waals surface area contributed by atoms with Gasteiger partial charge in [0.2, 0.25) is 5.88 Å². The lowest BCUT2D eigenvalue weighted by molar-refractivity contribution is 0.355. The van der Waals surface area contributed by atoms with Gasteiger partial charge in [0.05, 0.1) is 0 Å². The molecule has 1 heterocycles. The molecule has 0 radical (unpaired) electrons. The molecule has 0 atom stereocenters. The molecule has 1 rings (SSSR count). The molecule has 0 aliphatic heterocycles. The Labute approximate surface area is 83.7 Å². The van der Waals surface area contributed by atoms with Gasteiger partial charge in [-0.2, -0.15) is 0 Å². The third-order valence-corrected chi connectivity index (χ3v) is 1.47. The van der Waals surface area contributed by atoms with E-state index in [4.69, 9.17) is 4.74 Å². The zero-order valence-electron chi connectivity index (χ0n) is 8.37. The van der Waals surface area contributed by atoms with Crippen molar-refractivity contribution in [1.29, 1.82) is 0 Å². The Morgan fingerprint density at radius 1 is 1.50 bits per heavy atom. The number of aromatic nitrogens is 2. The molecule has 0 spiro atoms. The molecule has 0 aromatic carbocycles. The van der Waals surface area contributed by atoms with Gasteiger partial charge in [-0.25, -0.2) is 9.97 Å². The summed E-state index contributed by atoms with van der Waals surface area (Å²) in [5.41, 5.74) is 0. The van der Waals surface area contributed by atoms with Gasteiger partial charge >= 0.3 is 0 Å². The Hall–Kier alpha value is -1.76. The van der Waals surface area contributed by atoms with Crippen LogP contribution in [0.25, 0.3) is 0 Å². The molecule has 1 aromatic rings. The number of rotatable bonds is 4. The summed E-state index contributed by atoms with van der Waals surface area (Å²) >= 11 is 0. The van der Waals surface area contributed by atoms with Crippen LogP contribution in [-0.2, 0) is 0 Å². The first-order valence-electron chi connectivity index (χ1n) is 4.45. The number of anilines is 1. The lowest BCUT2D eigenvalue weighted by Gasteiger charge is -2.03. The summed E-state index contributed by atoms with van der Waals surface area (Å²) in [6.45, 7) is 4.96. The molecule has 1 N–H and O–H groups in total. The number of nitrogens with zero attached hydrogens (tertiary/aromatic N) is 2. The smallest absolute Gasteiger partial charge is 0.219 e. The van der Waals surface area contributed by atoms with Gasteiger partial charge in [0.25, 0.3) is 0 Å². The maximum absolute atomic E-state index is 5.27. The fraction of sp³-hybridized carbons (Fsp3) is 0.400. The minimum atomic E-state index is 0.360. The average molecular weight is 191 g/mol. The molecular formula is C10H13N3O. The topological polar surface area (TPSA) is 47.0 Å². The molecule has 0 saturated heterocycles. The molecule has 4 nitrogen and oxygen atoms in total. The van der Waals surface area contributed by atoms with Crippen molar-refractivity contribution in [3.63, 3.8) is 0 Å². The third-order valence-electron chi connectivity index (χ3n) is 1.47. The van der Waals surface area contributed by atoms with Gasteiger partial charge in [-0.15, -0.1) is 5.92 Å². The van der Waals surface area contributed by atoms with Crippen molar-refractivity contribution < 1.29 is 4.74 Å². The van der Waals surface area contributed by atoms with E-state index in [9.17, 15) is 0 Å². The molecule has 74 valence electrons. The summed E-state index contributed by atoms with van der Waals surface area (Å²) < 4.78 is 5.27. The van der Waals surface area contributed by atoms with Gasteiger partial charge in [-0.05, 0) is 13.8 Å². The van der Waals surface area contributed by atoms with Crippen LogP contribution in [0.3, 0.4) is 0 Å². The minimum Gasteiger partial charge on any atom is -0.464 e. The SMILES string of the molecule is CC#CCOc1cc(NCC)ncn1. The summed E-state index contributed by atoms with van der Waals surface area (Å²) in [6.07, 6.45) is 1.46. The highest BCUT2D eigenvalue weighted by molar-refractivity contribution is 5.36. The summed E-state index contributed by atoms with van der Waals surface area (Å²) in [5, 5.41) is 3.07. The monoisotopic (exact) mass is 191 g/mol. The second-order valence-electron chi connectivity index (χ2n) is 2.49. The van der Waals surface area contributed by atoms with Crippen LogP contribution in [0.4, 0.5) is 5.82 Å². The van der Waals surface area contributed by atoms with E-state index in [2.05, 4.69) is 27.1 Å². The lowest BCUT2D eigenvalue weighted by atomic mass is 10.5. The molecule has 0 amide bonds. The Morgan fingerprint density at radius 2 is 2.36 bits per heavy atom. The van der Waals surface area contributed by atoms with Gasteiger partial charge in [-0.1, -0.05) is 5.92 Å². The molecule has 0 bridgehead atoms. The van der Waals surface area contributed by atoms with Crippen LogP contribution in [0.5, 0.6) is 5.88 Å². The predicted octanol–water partition coefficient (Wildman–Crippen LogP) is 1.31. The van der Waals surface area contributed by atoms with Crippen molar-refractivity contribution in [3.05, 3.63) is 12.4 Å². The largest absolute Gasteiger partial charge is 0.464 e. The summed E-state index contributed by atoms with van der Waals surface area (Å²) in [6, 6.07) is 1.75. The summed E-state index contributed by atoms with van der Waals surface area (Å²) in [4.78, 5) is 7.97. The first kappa shape index (κ1) is 10.3. The Kier molecular flexibility index (Phi) is 4.29. The van der Waals surface area contributed by atoms with E-state index < -0.39 is 0 Å². The average Bonchev–Trinajstić information content (AvgIpc) is 2.19. The number of nitrogens with one attached hydrogen (secondary N) is 1. The Balaban J connectivity index is 2.57. The van der Waals surface area contributed by atoms with Crippen molar-refractivity contribution in [3.8, 4) is 17.7 Å². The summed E-state index contributed by atoms with van der Waals surface area (Å²) in [5.74, 6) is 6.85. The van der Waals surface area contributed by atoms with E-state index in [1.54, 1.807) is 13.0 Å². The van der Waals surface area contributed by atoms with Gasteiger partial charge in [-0.3, -0.25) is 0 Å². The first-order chi connectivity index (χ1) is 6.86. The van der Waals surface area contributed by atoms with Crippen molar-refractivity contribution in [2.45, 2.75) is 13.8 Å². The molecule has 0 fully saturated rings. The van der Waals surface area contributed by atoms with E-state index in [0.29, 0.717) is 12.5 Å². The quantitative estimate of drug-likeness (QED) is 0.729. The van der Waals surface area contributed by atoms with Gasteiger partial charge in [0, 0.05) is 12.6 Å². The lowest BCUT2D eigenvalue weighted by Crippen LogP contribution is -2.02. The van der Waals surface area contributed by atoms with E-state index in [0.717, 1.165) is 12.4 Å². The fourth-order valence-corrected chi connectivity index (χ4v) is 0.878. The van der Waals surface area contributed by atoms with Crippen LogP contribution < -0.4 is 10.1 Å². The van der Waals surface area contributed by atoms with Crippen LogP contribution >= 0.6 is 0 Å². The second-order valence-corrected chi connectivity index (χ2v) is 2.49. The van der Waals surface area contributed by atoms with Crippen LogP contribution in [0.1, 0.15) is 13.8 Å². The van der Waals surface area contributed by atoms with E-state index in [1.807, 2.05) is 6.92 Å². The molecule has 1 aromatic heterocycles. The maximum Gasteiger partial charge on any atom is 0.219 e. The predicted molar refractivity (Wildman–Crippen MR) is 55.1 cm³/mol. The first-order valence-corrected chi connectivity index (χ1v) is 4.45. The molecule has 0 unspecified atom stereocenters. The molecular weight excluding hydrogens is 178 g/mol. The highest BCUT2D eigenvalue weighted by atomic mass is 16.5. The van der Waals surface area contributed by atoms with Gasteiger partial charge in [0.15, 0.2) is 6.61 Å². The zero-order valence-corrected chi connectivity index (χ0v) is 8.37. The second kappa shape index (κ2) is 5.81. The Bertz CT molecular complexity index is 341. The molecule has 0 aliphatic carbocycles. The summed E-state index contributed by atoms with van der Waals surface area (Å²) in [7, 11) is 0. The minimum absolute atomic E-state index is 0.360. The van der Waals surface area contributed by atoms with E-state index in [-0.39, 0.29) is 0 Å². The van der Waals surface area contributed by atoms with Gasteiger partial charge in [0.1, 0.15) is 12.1 Å². The molecule has 0 saturated carbocycles. The van der Waals surface area contributed by atoms with Crippen molar-refractivity contribution in [2.24, 2.45) is 0 Å². The number of ether oxygens (including phenoxy) is 1. The van der Waals surface area contributed by atoms with Crippen molar-refractivity contribution in [2.75, 3.05) is 18.5 Å². The molecule has 0 aliphatic rings. The highest BCUT2D eigenvalue weighted by Crippen LogP contribution is 2.09. The van der Waals surface area contributed by atoms with Crippen LogP contribution in [0, 0.1) is 11.8 Å². The van der Waals surface area contributed by atoms with E-state index in [1.165, 1.54) is 6.33 Å². The third kappa shape index (κ3) is 3.31. The standard InChI is InChI=1S/C10H13N3O/c1-3-5-6-14-10-7-9(11-4-2)12-8-13-10/h7-8H,4,6H2,1-2H3,(H,11,12,13). The van der Waals surface area contributed by atoms with Crippen LogP contribution in [0.15, 0.2) is 12.4 Å². The van der Waals surface area contributed by atoms with E-state index >= 15 is 0 Å². The Morgan fingerprint density at radius 3 is 3.07 bits per heavy atom. The molecule has 14 heavy (non-hydrogen) atoms. The zero-order chi connectivity index (χ0) is 10.2. The fourth-order valence-electron chi connectivity index (χ4n) is 0.878.